The average Bonchev–Trinajstić information content (AvgIpc) is 3.52. The van der Waals surface area contributed by atoms with Crippen LogP contribution in [0.1, 0.15) is 30.0 Å². The lowest BCUT2D eigenvalue weighted by Gasteiger charge is -2.38. The highest BCUT2D eigenvalue weighted by Gasteiger charge is 2.72. The Morgan fingerprint density at radius 1 is 0.920 bits per heavy atom. The van der Waals surface area contributed by atoms with Crippen molar-refractivity contribution in [3.8, 4) is 0 Å². The van der Waals surface area contributed by atoms with Gasteiger partial charge in [-0.25, -0.2) is 0 Å². The van der Waals surface area contributed by atoms with Crippen molar-refractivity contribution in [1.29, 1.82) is 0 Å². The first-order valence-electron chi connectivity index (χ1n) is 16.9. The van der Waals surface area contributed by atoms with Crippen molar-refractivity contribution in [3.05, 3.63) is 125 Å². The molecule has 3 amide bonds. The van der Waals surface area contributed by atoms with E-state index in [-0.39, 0.29) is 26.0 Å². The molecule has 0 aliphatic carbocycles. The lowest BCUT2D eigenvalue weighted by molar-refractivity contribution is -0.146. The summed E-state index contributed by atoms with van der Waals surface area (Å²) in [6, 6.07) is 22.8. The van der Waals surface area contributed by atoms with Crippen molar-refractivity contribution in [2.75, 3.05) is 24.7 Å². The summed E-state index contributed by atoms with van der Waals surface area (Å²) in [5.41, 5.74) is 0.654. The standard InChI is InChI=1S/C39H38ClN3O7/c40-27-16-18-28(19-17-27)42-21-9-20-39-34(37(47)43(35(39)38(42)48)29(23-44)22-25-10-3-1-4-11-25)33-31(50-39)14-7-8-15-32(45)49-24-30(41-36(33)46)26-12-5-2-6-13-26/h1-7,9-14,16-20,29-31,33-35,44H,8,15,21-24H2,(H,41,46)/b14-7-/t29-,30+,31-,33+,34+,35-,39+/m1/s1. The molecule has 2 saturated heterocycles. The molecule has 0 unspecified atom stereocenters. The van der Waals surface area contributed by atoms with Crippen LogP contribution in [-0.4, -0.2) is 77.2 Å². The number of cyclic esters (lactones) is 1. The molecule has 11 heteroatoms. The van der Waals surface area contributed by atoms with Gasteiger partial charge in [-0.3, -0.25) is 19.2 Å². The molecular formula is C39H38ClN3O7. The zero-order valence-corrected chi connectivity index (χ0v) is 28.0. The molecule has 3 aromatic rings. The first-order chi connectivity index (χ1) is 24.3. The zero-order chi connectivity index (χ0) is 34.8. The number of carbonyl (C=O) groups is 4. The van der Waals surface area contributed by atoms with Crippen molar-refractivity contribution in [1.82, 2.24) is 10.2 Å². The second kappa shape index (κ2) is 14.2. The molecule has 258 valence electrons. The van der Waals surface area contributed by atoms with Gasteiger partial charge in [0.1, 0.15) is 18.2 Å². The molecule has 7 rings (SSSR count). The number of carbonyl (C=O) groups excluding carboxylic acids is 4. The van der Waals surface area contributed by atoms with Gasteiger partial charge in [-0.15, -0.1) is 0 Å². The van der Waals surface area contributed by atoms with Gasteiger partial charge >= 0.3 is 5.97 Å². The summed E-state index contributed by atoms with van der Waals surface area (Å²) < 4.78 is 12.4. The number of aliphatic hydroxyl groups is 1. The van der Waals surface area contributed by atoms with Crippen LogP contribution < -0.4 is 10.2 Å². The van der Waals surface area contributed by atoms with E-state index in [1.807, 2.05) is 60.7 Å². The number of fused-ring (bicyclic) bond motifs is 2. The first-order valence-corrected chi connectivity index (χ1v) is 17.3. The molecule has 10 nitrogen and oxygen atoms in total. The van der Waals surface area contributed by atoms with Gasteiger partial charge in [0.2, 0.25) is 11.8 Å². The molecule has 4 heterocycles. The third kappa shape index (κ3) is 6.23. The van der Waals surface area contributed by atoms with Crippen LogP contribution >= 0.6 is 11.6 Å². The van der Waals surface area contributed by atoms with Gasteiger partial charge in [0.15, 0.2) is 0 Å². The largest absolute Gasteiger partial charge is 0.463 e. The van der Waals surface area contributed by atoms with Gasteiger partial charge in [-0.05, 0) is 48.2 Å². The number of hydrogen-bond acceptors (Lipinski definition) is 7. The second-order valence-corrected chi connectivity index (χ2v) is 13.5. The number of hydrogen-bond donors (Lipinski definition) is 2. The van der Waals surface area contributed by atoms with Crippen molar-refractivity contribution in [3.63, 3.8) is 0 Å². The zero-order valence-electron chi connectivity index (χ0n) is 27.3. The minimum atomic E-state index is -1.54. The van der Waals surface area contributed by atoms with E-state index in [0.29, 0.717) is 17.1 Å². The highest BCUT2D eigenvalue weighted by atomic mass is 35.5. The summed E-state index contributed by atoms with van der Waals surface area (Å²) in [5, 5.41) is 14.4. The third-order valence-electron chi connectivity index (χ3n) is 10.1. The molecule has 0 radical (unpaired) electrons. The fraction of sp³-hybridized carbons (Fsp3) is 0.333. The number of anilines is 1. The minimum absolute atomic E-state index is 0.0901. The van der Waals surface area contributed by atoms with Crippen LogP contribution in [0.3, 0.4) is 0 Å². The Morgan fingerprint density at radius 3 is 2.36 bits per heavy atom. The molecule has 7 atom stereocenters. The number of esters is 1. The Balaban J connectivity index is 1.33. The van der Waals surface area contributed by atoms with E-state index in [9.17, 15) is 24.3 Å². The Bertz CT molecular complexity index is 1800. The number of halogens is 1. The molecule has 2 N–H and O–H groups in total. The number of likely N-dealkylation sites (tertiary alicyclic amines) is 1. The van der Waals surface area contributed by atoms with Crippen molar-refractivity contribution >= 4 is 41.0 Å². The van der Waals surface area contributed by atoms with Crippen LogP contribution in [0.5, 0.6) is 0 Å². The maximum absolute atomic E-state index is 15.0. The van der Waals surface area contributed by atoms with E-state index in [1.165, 1.54) is 4.90 Å². The van der Waals surface area contributed by atoms with Gasteiger partial charge in [-0.2, -0.15) is 0 Å². The van der Waals surface area contributed by atoms with Crippen LogP contribution in [-0.2, 0) is 35.1 Å². The molecule has 3 aromatic carbocycles. The summed E-state index contributed by atoms with van der Waals surface area (Å²) in [6.45, 7) is -0.321. The number of amides is 3. The van der Waals surface area contributed by atoms with E-state index in [2.05, 4.69) is 5.32 Å². The molecule has 2 fully saturated rings. The monoisotopic (exact) mass is 695 g/mol. The lowest BCUT2D eigenvalue weighted by Crippen LogP contribution is -2.58. The highest BCUT2D eigenvalue weighted by molar-refractivity contribution is 6.30. The number of ether oxygens (including phenoxy) is 2. The summed E-state index contributed by atoms with van der Waals surface area (Å²) >= 11 is 6.18. The SMILES string of the molecule is O=C1CC/C=C\[C@H]2O[C@]34C=CCN(c5ccc(Cl)cc5)C(=O)[C@H]3N([C@@H](CO)Cc3ccccc3)C(=O)[C@@H]4[C@H]2C(=O)N[C@H](c2ccccc2)CO1. The molecule has 4 aliphatic rings. The Labute approximate surface area is 295 Å². The predicted octanol–water partition coefficient (Wildman–Crippen LogP) is 4.18. The van der Waals surface area contributed by atoms with Crippen LogP contribution in [0, 0.1) is 11.8 Å². The summed E-state index contributed by atoms with van der Waals surface area (Å²) in [4.78, 5) is 60.0. The molecule has 0 bridgehead atoms. The summed E-state index contributed by atoms with van der Waals surface area (Å²) in [5.74, 6) is -3.86. The average molecular weight is 696 g/mol. The first kappa shape index (κ1) is 33.7. The highest BCUT2D eigenvalue weighted by Crippen LogP contribution is 2.53. The van der Waals surface area contributed by atoms with E-state index in [0.717, 1.165) is 11.1 Å². The number of nitrogens with zero attached hydrogens (tertiary/aromatic N) is 2. The van der Waals surface area contributed by atoms with E-state index >= 15 is 0 Å². The van der Waals surface area contributed by atoms with Crippen molar-refractivity contribution in [2.45, 2.75) is 49.1 Å². The fourth-order valence-corrected chi connectivity index (χ4v) is 7.89. The topological polar surface area (TPSA) is 125 Å². The van der Waals surface area contributed by atoms with Gasteiger partial charge in [-0.1, -0.05) is 96.6 Å². The van der Waals surface area contributed by atoms with Gasteiger partial charge in [0.25, 0.3) is 5.91 Å². The smallest absolute Gasteiger partial charge is 0.306 e. The number of rotatable bonds is 6. The maximum Gasteiger partial charge on any atom is 0.306 e. The summed E-state index contributed by atoms with van der Waals surface area (Å²) in [6.07, 6.45) is 6.89. The van der Waals surface area contributed by atoms with E-state index in [4.69, 9.17) is 21.1 Å². The number of nitrogens with one attached hydrogen (secondary N) is 1. The molecule has 1 spiro atoms. The van der Waals surface area contributed by atoms with Crippen molar-refractivity contribution < 1.29 is 33.8 Å². The number of benzene rings is 3. The van der Waals surface area contributed by atoms with E-state index < -0.39 is 72.0 Å². The van der Waals surface area contributed by atoms with Crippen LogP contribution in [0.15, 0.2) is 109 Å². The van der Waals surface area contributed by atoms with Crippen LogP contribution in [0.25, 0.3) is 0 Å². The third-order valence-corrected chi connectivity index (χ3v) is 10.3. The van der Waals surface area contributed by atoms with Gasteiger partial charge < -0.3 is 29.7 Å². The molecule has 50 heavy (non-hydrogen) atoms. The molecular weight excluding hydrogens is 658 g/mol. The second-order valence-electron chi connectivity index (χ2n) is 13.1. The molecule has 0 saturated carbocycles. The Hall–Kier alpha value is -4.77. The lowest BCUT2D eigenvalue weighted by atomic mass is 9.77. The van der Waals surface area contributed by atoms with Gasteiger partial charge in [0, 0.05) is 23.7 Å². The molecule has 4 aliphatic heterocycles. The van der Waals surface area contributed by atoms with Crippen LogP contribution in [0.2, 0.25) is 5.02 Å². The Kier molecular flexibility index (Phi) is 9.59. The quantitative estimate of drug-likeness (QED) is 0.293. The number of aliphatic hydroxyl groups excluding tert-OH is 1. The maximum atomic E-state index is 15.0. The van der Waals surface area contributed by atoms with Gasteiger partial charge in [0.05, 0.1) is 36.6 Å². The number of allylic oxidation sites excluding steroid dienone is 1. The Morgan fingerprint density at radius 2 is 1.64 bits per heavy atom. The summed E-state index contributed by atoms with van der Waals surface area (Å²) in [7, 11) is 0. The van der Waals surface area contributed by atoms with E-state index in [1.54, 1.807) is 53.5 Å². The minimum Gasteiger partial charge on any atom is -0.463 e. The van der Waals surface area contributed by atoms with Crippen molar-refractivity contribution in [2.24, 2.45) is 11.8 Å². The van der Waals surface area contributed by atoms with Crippen LogP contribution in [0.4, 0.5) is 5.69 Å². The normalized spacial score (nSPS) is 29.4. The fourth-order valence-electron chi connectivity index (χ4n) is 7.76. The molecule has 0 aromatic heterocycles. The predicted molar refractivity (Wildman–Crippen MR) is 186 cm³/mol.